The van der Waals surface area contributed by atoms with Crippen LogP contribution in [0, 0.1) is 11.7 Å². The molecule has 0 spiro atoms. The highest BCUT2D eigenvalue weighted by atomic mass is 32.2. The summed E-state index contributed by atoms with van der Waals surface area (Å²) in [7, 11) is 0. The first-order valence-corrected chi connectivity index (χ1v) is 8.40. The maximum absolute atomic E-state index is 13.0. The van der Waals surface area contributed by atoms with Crippen molar-refractivity contribution in [1.29, 1.82) is 0 Å². The molecule has 0 atom stereocenters. The third-order valence-electron chi connectivity index (χ3n) is 2.89. The lowest BCUT2D eigenvalue weighted by molar-refractivity contribution is 0.628. The highest BCUT2D eigenvalue weighted by Gasteiger charge is 2.14. The van der Waals surface area contributed by atoms with E-state index < -0.39 is 0 Å². The van der Waals surface area contributed by atoms with Gasteiger partial charge in [-0.05, 0) is 41.7 Å². The van der Waals surface area contributed by atoms with E-state index in [4.69, 9.17) is 0 Å². The molecule has 2 aromatic heterocycles. The minimum Gasteiger partial charge on any atom is -0.233 e. The molecule has 3 aromatic rings. The van der Waals surface area contributed by atoms with Crippen LogP contribution in [-0.2, 0) is 0 Å². The lowest BCUT2D eigenvalue weighted by Gasteiger charge is -2.04. The van der Waals surface area contributed by atoms with E-state index in [1.54, 1.807) is 30.2 Å². The van der Waals surface area contributed by atoms with Gasteiger partial charge in [-0.25, -0.2) is 14.4 Å². The predicted molar refractivity (Wildman–Crippen MR) is 86.2 cm³/mol. The topological polar surface area (TPSA) is 38.7 Å². The van der Waals surface area contributed by atoms with Gasteiger partial charge in [-0.15, -0.1) is 11.8 Å². The zero-order valence-electron chi connectivity index (χ0n) is 11.7. The Bertz CT molecular complexity index is 753. The molecule has 0 fully saturated rings. The highest BCUT2D eigenvalue weighted by molar-refractivity contribution is 7.99. The Balaban J connectivity index is 2.02. The van der Waals surface area contributed by atoms with E-state index in [1.807, 2.05) is 0 Å². The molecule has 0 aliphatic heterocycles. The summed E-state index contributed by atoms with van der Waals surface area (Å²) in [6, 6.07) is 6.34. The second-order valence-electron chi connectivity index (χ2n) is 5.10. The third kappa shape index (κ3) is 3.06. The molecule has 108 valence electrons. The number of aromatic nitrogens is 3. The number of hydrogen-bond donors (Lipinski definition) is 0. The molecule has 21 heavy (non-hydrogen) atoms. The third-order valence-corrected chi connectivity index (χ3v) is 5.28. The van der Waals surface area contributed by atoms with Gasteiger partial charge in [0.2, 0.25) is 0 Å². The summed E-state index contributed by atoms with van der Waals surface area (Å²) in [5.41, 5.74) is 2.51. The minimum atomic E-state index is -0.249. The lowest BCUT2D eigenvalue weighted by atomic mass is 10.1. The number of nitrogens with zero attached hydrogens (tertiary/aromatic N) is 3. The van der Waals surface area contributed by atoms with Gasteiger partial charge < -0.3 is 0 Å². The summed E-state index contributed by atoms with van der Waals surface area (Å²) in [6.45, 7) is 4.37. The maximum Gasteiger partial charge on any atom is 0.123 e. The second-order valence-corrected chi connectivity index (χ2v) is 6.88. The van der Waals surface area contributed by atoms with Crippen molar-refractivity contribution in [3.8, 4) is 11.3 Å². The van der Waals surface area contributed by atoms with E-state index in [0.29, 0.717) is 5.92 Å². The summed E-state index contributed by atoms with van der Waals surface area (Å²) < 4.78 is 18.5. The van der Waals surface area contributed by atoms with Crippen LogP contribution >= 0.6 is 23.3 Å². The van der Waals surface area contributed by atoms with E-state index in [-0.39, 0.29) is 5.82 Å². The van der Waals surface area contributed by atoms with Crippen molar-refractivity contribution in [2.45, 2.75) is 18.9 Å². The van der Waals surface area contributed by atoms with Crippen molar-refractivity contribution in [1.82, 2.24) is 14.3 Å². The van der Waals surface area contributed by atoms with E-state index in [1.165, 1.54) is 23.7 Å². The number of fused-ring (bicyclic) bond motifs is 1. The SMILES string of the molecule is CC(C)CSc1ncnc2c(-c3ccc(F)cc3)nsc12. The van der Waals surface area contributed by atoms with Gasteiger partial charge in [-0.3, -0.25) is 0 Å². The van der Waals surface area contributed by atoms with E-state index in [2.05, 4.69) is 28.2 Å². The van der Waals surface area contributed by atoms with Gasteiger partial charge in [0, 0.05) is 11.3 Å². The number of benzene rings is 1. The fourth-order valence-corrected chi connectivity index (χ4v) is 3.76. The van der Waals surface area contributed by atoms with Crippen molar-refractivity contribution < 1.29 is 4.39 Å². The number of thioether (sulfide) groups is 1. The Labute approximate surface area is 130 Å². The number of hydrogen-bond acceptors (Lipinski definition) is 5. The van der Waals surface area contributed by atoms with Gasteiger partial charge in [0.25, 0.3) is 0 Å². The molecular formula is C15H14FN3S2. The first-order valence-electron chi connectivity index (χ1n) is 6.64. The van der Waals surface area contributed by atoms with E-state index in [0.717, 1.165) is 32.3 Å². The Morgan fingerprint density at radius 1 is 1.19 bits per heavy atom. The molecule has 0 aliphatic rings. The predicted octanol–water partition coefficient (Wildman–Crippen LogP) is 4.64. The monoisotopic (exact) mass is 319 g/mol. The molecule has 2 heterocycles. The molecule has 0 bridgehead atoms. The van der Waals surface area contributed by atoms with Crippen molar-refractivity contribution in [3.05, 3.63) is 36.4 Å². The zero-order valence-corrected chi connectivity index (χ0v) is 13.3. The van der Waals surface area contributed by atoms with Crippen LogP contribution in [0.25, 0.3) is 21.5 Å². The summed E-state index contributed by atoms with van der Waals surface area (Å²) in [4.78, 5) is 8.72. The summed E-state index contributed by atoms with van der Waals surface area (Å²) in [6.07, 6.45) is 1.58. The van der Waals surface area contributed by atoms with Crippen molar-refractivity contribution in [2.24, 2.45) is 5.92 Å². The van der Waals surface area contributed by atoms with Gasteiger partial charge in [-0.2, -0.15) is 4.37 Å². The van der Waals surface area contributed by atoms with Crippen LogP contribution in [0.3, 0.4) is 0 Å². The Morgan fingerprint density at radius 2 is 1.95 bits per heavy atom. The Morgan fingerprint density at radius 3 is 2.67 bits per heavy atom. The smallest absolute Gasteiger partial charge is 0.123 e. The molecule has 3 rings (SSSR count). The molecule has 0 saturated heterocycles. The van der Waals surface area contributed by atoms with Gasteiger partial charge in [-0.1, -0.05) is 13.8 Å². The first kappa shape index (κ1) is 14.4. The average molecular weight is 319 g/mol. The fraction of sp³-hybridized carbons (Fsp3) is 0.267. The zero-order chi connectivity index (χ0) is 14.8. The molecule has 1 aromatic carbocycles. The van der Waals surface area contributed by atoms with Crippen molar-refractivity contribution >= 4 is 33.5 Å². The molecular weight excluding hydrogens is 305 g/mol. The fourth-order valence-electron chi connectivity index (χ4n) is 1.89. The van der Waals surface area contributed by atoms with E-state index in [9.17, 15) is 4.39 Å². The van der Waals surface area contributed by atoms with Crippen LogP contribution in [0.2, 0.25) is 0 Å². The summed E-state index contributed by atoms with van der Waals surface area (Å²) >= 11 is 3.13. The standard InChI is InChI=1S/C15H14FN3S2/c1-9(2)7-20-15-14-13(17-8-18-15)12(19-21-14)10-3-5-11(16)6-4-10/h3-6,8-9H,7H2,1-2H3. The van der Waals surface area contributed by atoms with Crippen LogP contribution in [0.4, 0.5) is 4.39 Å². The average Bonchev–Trinajstić information content (AvgIpc) is 2.90. The van der Waals surface area contributed by atoms with Crippen LogP contribution in [0.1, 0.15) is 13.8 Å². The van der Waals surface area contributed by atoms with Crippen LogP contribution in [0.5, 0.6) is 0 Å². The molecule has 0 N–H and O–H groups in total. The largest absolute Gasteiger partial charge is 0.233 e. The lowest BCUT2D eigenvalue weighted by Crippen LogP contribution is -1.92. The molecule has 0 amide bonds. The Kier molecular flexibility index (Phi) is 4.17. The van der Waals surface area contributed by atoms with Crippen molar-refractivity contribution in [2.75, 3.05) is 5.75 Å². The first-order chi connectivity index (χ1) is 10.1. The summed E-state index contributed by atoms with van der Waals surface area (Å²) in [5.74, 6) is 1.36. The second kappa shape index (κ2) is 6.07. The molecule has 3 nitrogen and oxygen atoms in total. The molecule has 0 aliphatic carbocycles. The van der Waals surface area contributed by atoms with Crippen LogP contribution in [0.15, 0.2) is 35.6 Å². The molecule has 0 radical (unpaired) electrons. The minimum absolute atomic E-state index is 0.249. The van der Waals surface area contributed by atoms with Gasteiger partial charge in [0.05, 0.1) is 0 Å². The van der Waals surface area contributed by atoms with Gasteiger partial charge in [0.15, 0.2) is 0 Å². The van der Waals surface area contributed by atoms with Crippen molar-refractivity contribution in [3.63, 3.8) is 0 Å². The summed E-state index contributed by atoms with van der Waals surface area (Å²) in [5, 5.41) is 0.972. The number of rotatable bonds is 4. The van der Waals surface area contributed by atoms with Crippen LogP contribution < -0.4 is 0 Å². The normalized spacial score (nSPS) is 11.4. The molecule has 6 heteroatoms. The molecule has 0 saturated carbocycles. The Hall–Kier alpha value is -1.53. The maximum atomic E-state index is 13.0. The van der Waals surface area contributed by atoms with Crippen LogP contribution in [-0.4, -0.2) is 20.1 Å². The highest BCUT2D eigenvalue weighted by Crippen LogP contribution is 2.34. The van der Waals surface area contributed by atoms with Gasteiger partial charge in [0.1, 0.15) is 33.1 Å². The number of halogens is 1. The quantitative estimate of drug-likeness (QED) is 0.519. The van der Waals surface area contributed by atoms with Gasteiger partial charge >= 0.3 is 0 Å². The van der Waals surface area contributed by atoms with E-state index >= 15 is 0 Å². The molecule has 0 unspecified atom stereocenters.